The fourth-order valence-electron chi connectivity index (χ4n) is 4.72. The molecule has 3 aromatic heterocycles. The van der Waals surface area contributed by atoms with Crippen molar-refractivity contribution < 1.29 is 4.79 Å². The van der Waals surface area contributed by atoms with E-state index in [1.807, 2.05) is 36.1 Å². The highest BCUT2D eigenvalue weighted by atomic mass is 16.1. The molecule has 7 nitrogen and oxygen atoms in total. The van der Waals surface area contributed by atoms with Gasteiger partial charge in [0.15, 0.2) is 5.78 Å². The third-order valence-electron chi connectivity index (χ3n) is 6.82. The SMILES string of the molecule is CN(C)C1CCN(c2cc(C(=O)Cc3cc4cc(-c5cncn5C)ccc4cn3)ccn2)CC1. The van der Waals surface area contributed by atoms with Crippen molar-refractivity contribution in [3.63, 3.8) is 0 Å². The molecule has 1 fully saturated rings. The molecule has 0 bridgehead atoms. The minimum Gasteiger partial charge on any atom is -0.356 e. The summed E-state index contributed by atoms with van der Waals surface area (Å²) in [5.74, 6) is 0.941. The van der Waals surface area contributed by atoms with E-state index in [0.717, 1.165) is 59.5 Å². The highest BCUT2D eigenvalue weighted by Crippen LogP contribution is 2.25. The molecule has 0 saturated carbocycles. The smallest absolute Gasteiger partial charge is 0.169 e. The molecule has 0 atom stereocenters. The average Bonchev–Trinajstić information content (AvgIpc) is 3.29. The fraction of sp³-hybridized carbons (Fsp3) is 0.333. The van der Waals surface area contributed by atoms with E-state index >= 15 is 0 Å². The van der Waals surface area contributed by atoms with Gasteiger partial charge in [0, 0.05) is 60.8 Å². The monoisotopic (exact) mass is 454 g/mol. The summed E-state index contributed by atoms with van der Waals surface area (Å²) in [7, 11) is 6.26. The second kappa shape index (κ2) is 9.35. The second-order valence-electron chi connectivity index (χ2n) is 9.31. The number of benzene rings is 1. The molecule has 0 aliphatic carbocycles. The van der Waals surface area contributed by atoms with Gasteiger partial charge in [0.1, 0.15) is 5.82 Å². The second-order valence-corrected chi connectivity index (χ2v) is 9.31. The van der Waals surface area contributed by atoms with Crippen molar-refractivity contribution in [2.24, 2.45) is 7.05 Å². The lowest BCUT2D eigenvalue weighted by Crippen LogP contribution is -2.42. The first-order valence-corrected chi connectivity index (χ1v) is 11.7. The van der Waals surface area contributed by atoms with Crippen LogP contribution in [0.3, 0.4) is 0 Å². The molecule has 174 valence electrons. The first-order valence-electron chi connectivity index (χ1n) is 11.7. The van der Waals surface area contributed by atoms with Crippen LogP contribution in [-0.4, -0.2) is 63.4 Å². The van der Waals surface area contributed by atoms with Gasteiger partial charge in [0.2, 0.25) is 0 Å². The molecule has 4 aromatic rings. The van der Waals surface area contributed by atoms with E-state index in [9.17, 15) is 4.79 Å². The van der Waals surface area contributed by atoms with Gasteiger partial charge in [-0.3, -0.25) is 9.78 Å². The Kier molecular flexibility index (Phi) is 6.11. The third kappa shape index (κ3) is 4.56. The fourth-order valence-corrected chi connectivity index (χ4v) is 4.72. The Labute approximate surface area is 200 Å². The number of carbonyl (C=O) groups excluding carboxylic acids is 1. The summed E-state index contributed by atoms with van der Waals surface area (Å²) in [6.45, 7) is 1.91. The lowest BCUT2D eigenvalue weighted by atomic mass is 10.0. The zero-order valence-corrected chi connectivity index (χ0v) is 20.0. The Morgan fingerprint density at radius 2 is 1.85 bits per heavy atom. The van der Waals surface area contributed by atoms with E-state index in [1.54, 1.807) is 18.6 Å². The highest BCUT2D eigenvalue weighted by molar-refractivity contribution is 5.98. The molecule has 1 saturated heterocycles. The van der Waals surface area contributed by atoms with Crippen LogP contribution in [0.25, 0.3) is 22.0 Å². The number of aromatic nitrogens is 4. The summed E-state index contributed by atoms with van der Waals surface area (Å²) in [5.41, 5.74) is 3.60. The molecule has 0 unspecified atom stereocenters. The standard InChI is InChI=1S/C27H30N6O/c1-31(2)24-7-10-33(11-8-24)27-14-20(6-9-29-27)26(34)15-23-13-22-12-19(4-5-21(22)16-30-23)25-17-28-18-32(25)3/h4-6,9,12-14,16-18,24H,7-8,10-11,15H2,1-3H3. The number of fused-ring (bicyclic) bond motifs is 1. The molecule has 0 amide bonds. The third-order valence-corrected chi connectivity index (χ3v) is 6.82. The Hall–Kier alpha value is -3.58. The average molecular weight is 455 g/mol. The number of hydrogen-bond acceptors (Lipinski definition) is 6. The topological polar surface area (TPSA) is 67.2 Å². The molecule has 7 heteroatoms. The molecular weight excluding hydrogens is 424 g/mol. The van der Waals surface area contributed by atoms with Crippen LogP contribution in [0.4, 0.5) is 5.82 Å². The van der Waals surface area contributed by atoms with Gasteiger partial charge in [-0.1, -0.05) is 12.1 Å². The minimum atomic E-state index is 0.0569. The number of hydrogen-bond donors (Lipinski definition) is 0. The van der Waals surface area contributed by atoms with E-state index in [-0.39, 0.29) is 12.2 Å². The Morgan fingerprint density at radius 1 is 1.03 bits per heavy atom. The van der Waals surface area contributed by atoms with Gasteiger partial charge in [-0.25, -0.2) is 9.97 Å². The number of piperidine rings is 1. The quantitative estimate of drug-likeness (QED) is 0.411. The molecule has 1 aliphatic heterocycles. The summed E-state index contributed by atoms with van der Waals surface area (Å²) in [4.78, 5) is 31.0. The molecule has 4 heterocycles. The number of imidazole rings is 1. The van der Waals surface area contributed by atoms with Crippen molar-refractivity contribution in [2.45, 2.75) is 25.3 Å². The lowest BCUT2D eigenvalue weighted by Gasteiger charge is -2.35. The van der Waals surface area contributed by atoms with Crippen LogP contribution in [0.15, 0.2) is 61.3 Å². The first kappa shape index (κ1) is 22.2. The van der Waals surface area contributed by atoms with E-state index in [2.05, 4.69) is 57.0 Å². The van der Waals surface area contributed by atoms with Crippen LogP contribution >= 0.6 is 0 Å². The number of nitrogens with zero attached hydrogens (tertiary/aromatic N) is 6. The van der Waals surface area contributed by atoms with E-state index < -0.39 is 0 Å². The summed E-state index contributed by atoms with van der Waals surface area (Å²) in [5, 5.41) is 2.12. The Morgan fingerprint density at radius 3 is 2.59 bits per heavy atom. The van der Waals surface area contributed by atoms with Gasteiger partial charge in [0.05, 0.1) is 24.6 Å². The molecular formula is C27H30N6O. The predicted octanol–water partition coefficient (Wildman–Crippen LogP) is 3.99. The first-order chi connectivity index (χ1) is 16.5. The lowest BCUT2D eigenvalue weighted by molar-refractivity contribution is 0.0992. The maximum atomic E-state index is 13.1. The number of rotatable bonds is 6. The van der Waals surface area contributed by atoms with E-state index in [4.69, 9.17) is 0 Å². The molecule has 5 rings (SSSR count). The number of pyridine rings is 2. The van der Waals surface area contributed by atoms with Crippen LogP contribution < -0.4 is 4.90 Å². The van der Waals surface area contributed by atoms with Crippen molar-refractivity contribution in [3.05, 3.63) is 72.6 Å². The molecule has 0 N–H and O–H groups in total. The number of anilines is 1. The van der Waals surface area contributed by atoms with Crippen molar-refractivity contribution in [1.82, 2.24) is 24.4 Å². The van der Waals surface area contributed by atoms with Gasteiger partial charge < -0.3 is 14.4 Å². The van der Waals surface area contributed by atoms with E-state index in [0.29, 0.717) is 11.6 Å². The van der Waals surface area contributed by atoms with Gasteiger partial charge in [-0.15, -0.1) is 0 Å². The highest BCUT2D eigenvalue weighted by Gasteiger charge is 2.22. The van der Waals surface area contributed by atoms with Crippen LogP contribution in [0, 0.1) is 0 Å². The molecule has 1 aliphatic rings. The largest absolute Gasteiger partial charge is 0.356 e. The maximum absolute atomic E-state index is 13.1. The summed E-state index contributed by atoms with van der Waals surface area (Å²) >= 11 is 0. The molecule has 0 radical (unpaired) electrons. The number of ketones is 1. The van der Waals surface area contributed by atoms with Crippen LogP contribution in [-0.2, 0) is 13.5 Å². The van der Waals surface area contributed by atoms with Crippen LogP contribution in [0.1, 0.15) is 28.9 Å². The van der Waals surface area contributed by atoms with Crippen LogP contribution in [0.2, 0.25) is 0 Å². The molecule has 1 aromatic carbocycles. The van der Waals surface area contributed by atoms with Gasteiger partial charge in [-0.05, 0) is 56.6 Å². The maximum Gasteiger partial charge on any atom is 0.169 e. The van der Waals surface area contributed by atoms with Gasteiger partial charge in [-0.2, -0.15) is 0 Å². The normalized spacial score (nSPS) is 14.8. The number of aryl methyl sites for hydroxylation is 1. The number of Topliss-reactive ketones (excluding diaryl/α,β-unsaturated/α-hetero) is 1. The Balaban J connectivity index is 1.32. The molecule has 34 heavy (non-hydrogen) atoms. The zero-order valence-electron chi connectivity index (χ0n) is 20.0. The number of carbonyl (C=O) groups is 1. The van der Waals surface area contributed by atoms with E-state index in [1.165, 1.54) is 0 Å². The van der Waals surface area contributed by atoms with Gasteiger partial charge >= 0.3 is 0 Å². The van der Waals surface area contributed by atoms with Crippen LogP contribution in [0.5, 0.6) is 0 Å². The summed E-state index contributed by atoms with van der Waals surface area (Å²) < 4.78 is 2.00. The van der Waals surface area contributed by atoms with Gasteiger partial charge in [0.25, 0.3) is 0 Å². The predicted molar refractivity (Wildman–Crippen MR) is 135 cm³/mol. The summed E-state index contributed by atoms with van der Waals surface area (Å²) in [6, 6.07) is 12.6. The summed E-state index contributed by atoms with van der Waals surface area (Å²) in [6.07, 6.45) is 9.72. The van der Waals surface area contributed by atoms with Crippen molar-refractivity contribution in [2.75, 3.05) is 32.1 Å². The minimum absolute atomic E-state index is 0.0569. The van der Waals surface area contributed by atoms with Crippen molar-refractivity contribution in [3.8, 4) is 11.3 Å². The Bertz CT molecular complexity index is 1320. The van der Waals surface area contributed by atoms with Crippen molar-refractivity contribution >= 4 is 22.4 Å². The molecule has 0 spiro atoms. The zero-order chi connectivity index (χ0) is 23.7. The van der Waals surface area contributed by atoms with Crippen molar-refractivity contribution in [1.29, 1.82) is 0 Å².